The lowest BCUT2D eigenvalue weighted by molar-refractivity contribution is -0.660. The van der Waals surface area contributed by atoms with Crippen molar-refractivity contribution in [1.82, 2.24) is 0 Å². The van der Waals surface area contributed by atoms with Crippen LogP contribution in [0.5, 0.6) is 0 Å². The van der Waals surface area contributed by atoms with E-state index in [0.29, 0.717) is 5.41 Å². The van der Waals surface area contributed by atoms with Crippen molar-refractivity contribution < 1.29 is 7.31 Å². The predicted octanol–water partition coefficient (Wildman–Crippen LogP) is 6.91. The molecule has 0 bridgehead atoms. The second-order valence-electron chi connectivity index (χ2n) is 9.39. The smallest absolute Gasteiger partial charge is 0.201 e. The van der Waals surface area contributed by atoms with Crippen LogP contribution in [0.1, 0.15) is 53.4 Å². The van der Waals surface area contributed by atoms with Crippen LogP contribution in [0.2, 0.25) is 0 Å². The summed E-state index contributed by atoms with van der Waals surface area (Å²) in [6, 6.07) is 21.0. The molecule has 1 aliphatic carbocycles. The molecule has 29 heavy (non-hydrogen) atoms. The first-order valence-electron chi connectivity index (χ1n) is 11.8. The molecular formula is C28H34N+. The van der Waals surface area contributed by atoms with Crippen LogP contribution in [0, 0.1) is 18.3 Å². The van der Waals surface area contributed by atoms with Gasteiger partial charge in [-0.1, -0.05) is 56.3 Å². The largest absolute Gasteiger partial charge is 0.213 e. The first-order valence-corrected chi connectivity index (χ1v) is 10.8. The molecule has 0 atom stereocenters. The van der Waals surface area contributed by atoms with Gasteiger partial charge in [-0.25, -0.2) is 4.57 Å². The third-order valence-electron chi connectivity index (χ3n) is 6.50. The van der Waals surface area contributed by atoms with Crippen LogP contribution in [-0.2, 0) is 13.4 Å². The lowest BCUT2D eigenvalue weighted by atomic mass is 9.72. The number of pyridine rings is 1. The molecule has 0 unspecified atom stereocenters. The van der Waals surface area contributed by atoms with Gasteiger partial charge in [0.15, 0.2) is 6.20 Å². The average molecular weight is 387 g/mol. The molecule has 1 heterocycles. The van der Waals surface area contributed by atoms with Gasteiger partial charge in [0.05, 0.1) is 0 Å². The van der Waals surface area contributed by atoms with Crippen LogP contribution < -0.4 is 4.57 Å². The van der Waals surface area contributed by atoms with Gasteiger partial charge in [-0.2, -0.15) is 0 Å². The summed E-state index contributed by atoms with van der Waals surface area (Å²) in [6.07, 6.45) is 4.99. The summed E-state index contributed by atoms with van der Waals surface area (Å²) in [4.78, 5) is 0. The second kappa shape index (κ2) is 8.14. The molecule has 1 fully saturated rings. The van der Waals surface area contributed by atoms with E-state index in [4.69, 9.17) is 2.74 Å². The zero-order chi connectivity index (χ0) is 22.2. The average Bonchev–Trinajstić information content (AvgIpc) is 2.74. The van der Waals surface area contributed by atoms with Gasteiger partial charge in [-0.3, -0.25) is 0 Å². The quantitative estimate of drug-likeness (QED) is 0.429. The Hall–Kier alpha value is -2.41. The van der Waals surface area contributed by atoms with Gasteiger partial charge in [0.25, 0.3) is 0 Å². The molecule has 0 radical (unpaired) electrons. The lowest BCUT2D eigenvalue weighted by Crippen LogP contribution is -2.30. The van der Waals surface area contributed by atoms with E-state index in [1.807, 2.05) is 12.1 Å². The fraction of sp³-hybridized carbons (Fsp3) is 0.393. The molecule has 0 saturated heterocycles. The first-order chi connectivity index (χ1) is 14.7. The zero-order valence-electron chi connectivity index (χ0n) is 20.2. The van der Waals surface area contributed by atoms with E-state index in [-0.39, 0.29) is 5.92 Å². The molecule has 150 valence electrons. The molecular weight excluding hydrogens is 350 g/mol. The fourth-order valence-electron chi connectivity index (χ4n) is 4.42. The number of hydrogen-bond acceptors (Lipinski definition) is 0. The lowest BCUT2D eigenvalue weighted by Gasteiger charge is -2.34. The van der Waals surface area contributed by atoms with Gasteiger partial charge in [-0.15, -0.1) is 0 Å². The van der Waals surface area contributed by atoms with Crippen LogP contribution >= 0.6 is 0 Å². The Morgan fingerprint density at radius 1 is 0.966 bits per heavy atom. The Morgan fingerprint density at radius 2 is 1.66 bits per heavy atom. The van der Waals surface area contributed by atoms with Crippen molar-refractivity contribution in [2.24, 2.45) is 18.4 Å². The monoisotopic (exact) mass is 386 g/mol. The Labute approximate surface area is 179 Å². The molecule has 1 nitrogen and oxygen atoms in total. The third kappa shape index (κ3) is 4.61. The van der Waals surface area contributed by atoms with Crippen molar-refractivity contribution in [2.75, 3.05) is 0 Å². The number of aromatic nitrogens is 1. The summed E-state index contributed by atoms with van der Waals surface area (Å²) in [5.41, 5.74) is 7.12. The van der Waals surface area contributed by atoms with Crippen LogP contribution in [0.25, 0.3) is 22.4 Å². The van der Waals surface area contributed by atoms with Gasteiger partial charge < -0.3 is 0 Å². The third-order valence-corrected chi connectivity index (χ3v) is 6.50. The highest BCUT2D eigenvalue weighted by Crippen LogP contribution is 2.39. The maximum Gasteiger partial charge on any atom is 0.213 e. The molecule has 0 N–H and O–H groups in total. The fourth-order valence-corrected chi connectivity index (χ4v) is 4.42. The summed E-state index contributed by atoms with van der Waals surface area (Å²) in [6.45, 7) is 6.75. The molecule has 4 rings (SSSR count). The normalized spacial score (nSPS) is 18.2. The van der Waals surface area contributed by atoms with Gasteiger partial charge in [0.1, 0.15) is 7.05 Å². The number of nitrogens with zero attached hydrogens (tertiary/aromatic N) is 1. The van der Waals surface area contributed by atoms with E-state index in [1.165, 1.54) is 16.8 Å². The predicted molar refractivity (Wildman–Crippen MR) is 123 cm³/mol. The van der Waals surface area contributed by atoms with Crippen molar-refractivity contribution in [3.05, 3.63) is 78.0 Å². The Kier molecular flexibility index (Phi) is 4.90. The van der Waals surface area contributed by atoms with Crippen molar-refractivity contribution in [2.45, 2.75) is 52.8 Å². The Balaban J connectivity index is 1.60. The van der Waals surface area contributed by atoms with Crippen LogP contribution in [-0.4, -0.2) is 0 Å². The number of hydrogen-bond donors (Lipinski definition) is 0. The first kappa shape index (κ1) is 17.4. The molecule has 1 heteroatoms. The molecule has 1 aromatic heterocycles. The van der Waals surface area contributed by atoms with Crippen molar-refractivity contribution in [1.29, 1.82) is 0 Å². The standard InChI is InChI=1S/C28H34N/c1-21-7-5-6-8-26(21)27-20-25(15-18-29(27)4)24-11-9-22(10-12-24)19-23-13-16-28(2,3)17-14-23/h5-12,15,18,20,23H,13-14,16-17,19H2,1-4H3/q+1/i19D2. The number of rotatable bonds is 4. The maximum atomic E-state index is 8.83. The highest BCUT2D eigenvalue weighted by atomic mass is 14.9. The molecule has 1 saturated carbocycles. The van der Waals surface area contributed by atoms with E-state index in [1.54, 1.807) is 0 Å². The Morgan fingerprint density at radius 3 is 2.34 bits per heavy atom. The van der Waals surface area contributed by atoms with Crippen molar-refractivity contribution in [3.63, 3.8) is 0 Å². The van der Waals surface area contributed by atoms with E-state index < -0.39 is 6.37 Å². The van der Waals surface area contributed by atoms with Crippen LogP contribution in [0.15, 0.2) is 66.9 Å². The topological polar surface area (TPSA) is 3.88 Å². The summed E-state index contributed by atoms with van der Waals surface area (Å²) in [5, 5.41) is 0. The molecule has 1 aliphatic rings. The number of benzene rings is 2. The molecule has 0 aliphatic heterocycles. The second-order valence-corrected chi connectivity index (χ2v) is 9.39. The highest BCUT2D eigenvalue weighted by Gasteiger charge is 2.26. The summed E-state index contributed by atoms with van der Waals surface area (Å²) in [7, 11) is 2.08. The Bertz CT molecular complexity index is 1060. The SMILES string of the molecule is [2H]C([2H])(c1ccc(-c2cc[n+](C)c(-c3ccccc3C)c2)cc1)C1CCC(C)(C)CC1. The minimum absolute atomic E-state index is 0.106. The highest BCUT2D eigenvalue weighted by molar-refractivity contribution is 5.70. The van der Waals surface area contributed by atoms with E-state index in [0.717, 1.165) is 42.4 Å². The molecule has 3 aromatic rings. The molecule has 0 amide bonds. The molecule has 0 spiro atoms. The molecule has 2 aromatic carbocycles. The summed E-state index contributed by atoms with van der Waals surface area (Å²) in [5.74, 6) is 0.106. The van der Waals surface area contributed by atoms with Crippen molar-refractivity contribution in [3.8, 4) is 22.4 Å². The summed E-state index contributed by atoms with van der Waals surface area (Å²) < 4.78 is 19.8. The van der Waals surface area contributed by atoms with Crippen LogP contribution in [0.3, 0.4) is 0 Å². The van der Waals surface area contributed by atoms with E-state index in [9.17, 15) is 0 Å². The zero-order valence-corrected chi connectivity index (χ0v) is 18.2. The van der Waals surface area contributed by atoms with E-state index >= 15 is 0 Å². The van der Waals surface area contributed by atoms with Gasteiger partial charge in [0.2, 0.25) is 5.69 Å². The minimum Gasteiger partial charge on any atom is -0.201 e. The summed E-state index contributed by atoms with van der Waals surface area (Å²) >= 11 is 0. The van der Waals surface area contributed by atoms with Gasteiger partial charge >= 0.3 is 0 Å². The van der Waals surface area contributed by atoms with Gasteiger partial charge in [0, 0.05) is 20.4 Å². The van der Waals surface area contributed by atoms with Crippen molar-refractivity contribution >= 4 is 0 Å². The maximum absolute atomic E-state index is 8.83. The van der Waals surface area contributed by atoms with E-state index in [2.05, 4.69) is 87.1 Å². The number of aryl methyl sites for hydroxylation is 2. The van der Waals surface area contributed by atoms with Crippen LogP contribution in [0.4, 0.5) is 0 Å². The minimum atomic E-state index is -1.27. The van der Waals surface area contributed by atoms with Gasteiger partial charge in [-0.05, 0) is 78.6 Å².